The van der Waals surface area contributed by atoms with E-state index in [1.807, 2.05) is 43.7 Å². The van der Waals surface area contributed by atoms with Gasteiger partial charge in [-0.15, -0.1) is 0 Å². The molecule has 6 nitrogen and oxygen atoms in total. The normalized spacial score (nSPS) is 19.0. The first kappa shape index (κ1) is 17.1. The molecule has 3 rings (SSSR count). The minimum absolute atomic E-state index is 0.272. The monoisotopic (exact) mass is 343 g/mol. The van der Waals surface area contributed by atoms with Crippen molar-refractivity contribution in [3.8, 4) is 0 Å². The van der Waals surface area contributed by atoms with Crippen LogP contribution in [-0.4, -0.2) is 34.1 Å². The van der Waals surface area contributed by atoms with Crippen molar-refractivity contribution in [3.05, 3.63) is 35.8 Å². The van der Waals surface area contributed by atoms with Crippen LogP contribution in [0.25, 0.3) is 17.1 Å². The number of hydrogen-bond acceptors (Lipinski definition) is 3. The van der Waals surface area contributed by atoms with E-state index in [9.17, 15) is 9.18 Å². The summed E-state index contributed by atoms with van der Waals surface area (Å²) in [6.45, 7) is 3.49. The van der Waals surface area contributed by atoms with Crippen LogP contribution in [0.15, 0.2) is 35.2 Å². The van der Waals surface area contributed by atoms with E-state index in [4.69, 9.17) is 0 Å². The SMILES string of the molecule is CC(C)C[C@@H](CF)N=C1NC(=O)/C(=C/c2ccc3ncn(C)c3c2)N1. The first-order valence-electron chi connectivity index (χ1n) is 8.31. The summed E-state index contributed by atoms with van der Waals surface area (Å²) < 4.78 is 15.0. The molecule has 2 heterocycles. The van der Waals surface area contributed by atoms with E-state index >= 15 is 0 Å². The highest BCUT2D eigenvalue weighted by molar-refractivity contribution is 6.15. The van der Waals surface area contributed by atoms with E-state index in [-0.39, 0.29) is 5.91 Å². The Hall–Kier alpha value is -2.70. The van der Waals surface area contributed by atoms with Gasteiger partial charge in [0.2, 0.25) is 5.96 Å². The second kappa shape index (κ2) is 7.04. The zero-order valence-electron chi connectivity index (χ0n) is 14.6. The lowest BCUT2D eigenvalue weighted by atomic mass is 10.1. The first-order valence-corrected chi connectivity index (χ1v) is 8.31. The van der Waals surface area contributed by atoms with Gasteiger partial charge in [-0.3, -0.25) is 10.1 Å². The van der Waals surface area contributed by atoms with Gasteiger partial charge in [-0.1, -0.05) is 19.9 Å². The molecule has 132 valence electrons. The quantitative estimate of drug-likeness (QED) is 0.819. The Morgan fingerprint density at radius 1 is 1.36 bits per heavy atom. The van der Waals surface area contributed by atoms with Crippen molar-refractivity contribution in [1.29, 1.82) is 0 Å². The number of aliphatic imine (C=N–C) groups is 1. The van der Waals surface area contributed by atoms with Crippen molar-refractivity contribution in [1.82, 2.24) is 20.2 Å². The molecule has 0 bridgehead atoms. The lowest BCUT2D eigenvalue weighted by molar-refractivity contribution is -0.115. The van der Waals surface area contributed by atoms with Crippen molar-refractivity contribution in [2.75, 3.05) is 6.67 Å². The molecule has 25 heavy (non-hydrogen) atoms. The molecule has 1 aromatic heterocycles. The molecule has 0 saturated carbocycles. The zero-order chi connectivity index (χ0) is 18.0. The molecule has 1 aromatic carbocycles. The maximum absolute atomic E-state index is 13.1. The van der Waals surface area contributed by atoms with E-state index in [1.165, 1.54) is 0 Å². The Balaban J connectivity index is 1.81. The fourth-order valence-corrected chi connectivity index (χ4v) is 2.83. The molecule has 1 aliphatic rings. The number of imidazole rings is 1. The molecule has 1 atom stereocenters. The molecular formula is C18H22FN5O. The fourth-order valence-electron chi connectivity index (χ4n) is 2.83. The molecule has 2 N–H and O–H groups in total. The molecule has 1 amide bonds. The van der Waals surface area contributed by atoms with Crippen LogP contribution >= 0.6 is 0 Å². The molecule has 0 radical (unpaired) electrons. The first-order chi connectivity index (χ1) is 12.0. The van der Waals surface area contributed by atoms with Gasteiger partial charge in [0.15, 0.2) is 0 Å². The third-order valence-electron chi connectivity index (χ3n) is 4.02. The minimum Gasteiger partial charge on any atom is -0.334 e. The number of rotatable bonds is 5. The van der Waals surface area contributed by atoms with Crippen molar-refractivity contribution in [3.63, 3.8) is 0 Å². The van der Waals surface area contributed by atoms with Crippen LogP contribution in [0.5, 0.6) is 0 Å². The third kappa shape index (κ3) is 3.87. The number of halogens is 1. The summed E-state index contributed by atoms with van der Waals surface area (Å²) in [4.78, 5) is 20.7. The van der Waals surface area contributed by atoms with Crippen LogP contribution in [0.3, 0.4) is 0 Å². The Bertz CT molecular complexity index is 852. The van der Waals surface area contributed by atoms with Gasteiger partial charge < -0.3 is 9.88 Å². The van der Waals surface area contributed by atoms with Gasteiger partial charge in [0.25, 0.3) is 5.91 Å². The molecule has 7 heteroatoms. The fraction of sp³-hybridized carbons (Fsp3) is 0.389. The van der Waals surface area contributed by atoms with E-state index < -0.39 is 12.7 Å². The Labute approximate surface area is 145 Å². The van der Waals surface area contributed by atoms with Crippen LogP contribution < -0.4 is 10.6 Å². The molecule has 0 spiro atoms. The number of alkyl halides is 1. The smallest absolute Gasteiger partial charge is 0.274 e. The third-order valence-corrected chi connectivity index (χ3v) is 4.02. The molecule has 2 aromatic rings. The lowest BCUT2D eigenvalue weighted by Crippen LogP contribution is -2.28. The van der Waals surface area contributed by atoms with E-state index in [1.54, 1.807) is 12.4 Å². The van der Waals surface area contributed by atoms with Gasteiger partial charge in [-0.25, -0.2) is 14.4 Å². The van der Waals surface area contributed by atoms with Crippen molar-refractivity contribution < 1.29 is 9.18 Å². The molecule has 1 fully saturated rings. The number of nitrogens with one attached hydrogen (secondary N) is 2. The number of carbonyl (C=O) groups excluding carboxylic acids is 1. The molecule has 0 aliphatic carbocycles. The summed E-state index contributed by atoms with van der Waals surface area (Å²) in [5.41, 5.74) is 3.15. The Kier molecular flexibility index (Phi) is 4.83. The van der Waals surface area contributed by atoms with E-state index in [2.05, 4.69) is 20.6 Å². The van der Waals surface area contributed by atoms with Crippen LogP contribution in [0.1, 0.15) is 25.8 Å². The van der Waals surface area contributed by atoms with Gasteiger partial charge >= 0.3 is 0 Å². The molecular weight excluding hydrogens is 321 g/mol. The number of nitrogens with zero attached hydrogens (tertiary/aromatic N) is 3. The van der Waals surface area contributed by atoms with Gasteiger partial charge in [-0.05, 0) is 36.1 Å². The number of aromatic nitrogens is 2. The molecule has 1 aliphatic heterocycles. The average molecular weight is 343 g/mol. The zero-order valence-corrected chi connectivity index (χ0v) is 14.6. The predicted octanol–water partition coefficient (Wildman–Crippen LogP) is 2.37. The van der Waals surface area contributed by atoms with Gasteiger partial charge in [0.1, 0.15) is 12.4 Å². The summed E-state index contributed by atoms with van der Waals surface area (Å²) in [6, 6.07) is 5.32. The number of amides is 1. The number of fused-ring (bicyclic) bond motifs is 1. The maximum atomic E-state index is 13.1. The Morgan fingerprint density at radius 2 is 2.16 bits per heavy atom. The summed E-state index contributed by atoms with van der Waals surface area (Å²) in [6.07, 6.45) is 4.13. The summed E-state index contributed by atoms with van der Waals surface area (Å²) in [7, 11) is 1.92. The topological polar surface area (TPSA) is 71.3 Å². The number of guanidine groups is 1. The minimum atomic E-state index is -0.546. The largest absolute Gasteiger partial charge is 0.334 e. The molecule has 1 saturated heterocycles. The van der Waals surface area contributed by atoms with E-state index in [0.29, 0.717) is 24.0 Å². The maximum Gasteiger partial charge on any atom is 0.274 e. The van der Waals surface area contributed by atoms with Gasteiger partial charge in [-0.2, -0.15) is 0 Å². The highest BCUT2D eigenvalue weighted by Crippen LogP contribution is 2.17. The number of benzene rings is 1. The van der Waals surface area contributed by atoms with Crippen LogP contribution in [0.4, 0.5) is 4.39 Å². The van der Waals surface area contributed by atoms with Crippen molar-refractivity contribution in [2.45, 2.75) is 26.3 Å². The van der Waals surface area contributed by atoms with Crippen LogP contribution in [-0.2, 0) is 11.8 Å². The Morgan fingerprint density at radius 3 is 2.88 bits per heavy atom. The summed E-state index contributed by atoms with van der Waals surface area (Å²) >= 11 is 0. The van der Waals surface area contributed by atoms with Gasteiger partial charge in [0, 0.05) is 7.05 Å². The van der Waals surface area contributed by atoms with Crippen molar-refractivity contribution >= 4 is 29.0 Å². The number of aryl methyl sites for hydroxylation is 1. The second-order valence-electron chi connectivity index (χ2n) is 6.66. The number of hydrogen-bond donors (Lipinski definition) is 2. The van der Waals surface area contributed by atoms with Crippen LogP contribution in [0, 0.1) is 5.92 Å². The average Bonchev–Trinajstić information content (AvgIpc) is 3.10. The molecule has 0 unspecified atom stereocenters. The second-order valence-corrected chi connectivity index (χ2v) is 6.66. The number of carbonyl (C=O) groups is 1. The lowest BCUT2D eigenvalue weighted by Gasteiger charge is -2.11. The summed E-state index contributed by atoms with van der Waals surface area (Å²) in [5, 5.41) is 5.60. The highest BCUT2D eigenvalue weighted by Gasteiger charge is 2.23. The van der Waals surface area contributed by atoms with Crippen LogP contribution in [0.2, 0.25) is 0 Å². The van der Waals surface area contributed by atoms with Crippen molar-refractivity contribution in [2.24, 2.45) is 18.0 Å². The van der Waals surface area contributed by atoms with Gasteiger partial charge in [0.05, 0.1) is 23.4 Å². The highest BCUT2D eigenvalue weighted by atomic mass is 19.1. The standard InChI is InChI=1S/C18H22FN5O/c1-11(2)6-13(9-19)21-18-22-15(17(25)23-18)7-12-4-5-14-16(8-12)24(3)10-20-14/h4-5,7-8,10-11,13H,6,9H2,1-3H3,(H2,21,22,23,25)/b15-7-/t13-/m0/s1. The predicted molar refractivity (Wildman–Crippen MR) is 96.6 cm³/mol. The summed E-state index contributed by atoms with van der Waals surface area (Å²) in [5.74, 6) is 0.370. The van der Waals surface area contributed by atoms with E-state index in [0.717, 1.165) is 16.6 Å².